The minimum absolute atomic E-state index is 0.214. The Morgan fingerprint density at radius 3 is 2.70 bits per heavy atom. The monoisotopic (exact) mass is 404 g/mol. The van der Waals surface area contributed by atoms with Gasteiger partial charge in [-0.3, -0.25) is 4.79 Å². The molecule has 30 heavy (non-hydrogen) atoms. The summed E-state index contributed by atoms with van der Waals surface area (Å²) in [5.74, 6) is 2.49. The van der Waals surface area contributed by atoms with Crippen LogP contribution in [0.3, 0.4) is 0 Å². The van der Waals surface area contributed by atoms with Crippen LogP contribution in [-0.4, -0.2) is 26.0 Å². The van der Waals surface area contributed by atoms with Gasteiger partial charge in [0.2, 0.25) is 6.79 Å². The average Bonchev–Trinajstić information content (AvgIpc) is 3.26. The molecule has 0 spiro atoms. The maximum absolute atomic E-state index is 12.3. The van der Waals surface area contributed by atoms with Crippen LogP contribution in [0.25, 0.3) is 0 Å². The number of ether oxygens (including phenoxy) is 4. The number of methoxy groups -OCH3 is 1. The van der Waals surface area contributed by atoms with Gasteiger partial charge >= 0.3 is 0 Å². The van der Waals surface area contributed by atoms with E-state index in [0.717, 1.165) is 16.9 Å². The Labute approximate surface area is 173 Å². The number of hydrogen-bond donors (Lipinski definition) is 1. The first kappa shape index (κ1) is 19.3. The van der Waals surface area contributed by atoms with E-state index in [1.807, 2.05) is 30.3 Å². The van der Waals surface area contributed by atoms with Crippen molar-refractivity contribution in [2.75, 3.05) is 13.9 Å². The molecule has 0 atom stereocenters. The molecule has 0 saturated carbocycles. The zero-order valence-corrected chi connectivity index (χ0v) is 16.3. The van der Waals surface area contributed by atoms with Crippen LogP contribution < -0.4 is 24.4 Å². The molecule has 0 aromatic heterocycles. The summed E-state index contributed by atoms with van der Waals surface area (Å²) < 4.78 is 21.5. The number of carbonyl (C=O) groups excluding carboxylic acids is 1. The summed E-state index contributed by atoms with van der Waals surface area (Å²) in [6, 6.07) is 20.0. The zero-order chi connectivity index (χ0) is 20.8. The fraction of sp³-hybridized carbons (Fsp3) is 0.130. The summed E-state index contributed by atoms with van der Waals surface area (Å²) in [6.07, 6.45) is 1.55. The van der Waals surface area contributed by atoms with Crippen LogP contribution in [0.4, 0.5) is 0 Å². The van der Waals surface area contributed by atoms with Crippen LogP contribution in [0, 0.1) is 0 Å². The van der Waals surface area contributed by atoms with E-state index < -0.39 is 0 Å². The molecule has 1 heterocycles. The van der Waals surface area contributed by atoms with Crippen LogP contribution >= 0.6 is 0 Å². The van der Waals surface area contributed by atoms with Gasteiger partial charge in [-0.05, 0) is 65.7 Å². The maximum atomic E-state index is 12.3. The van der Waals surface area contributed by atoms with Crippen molar-refractivity contribution in [2.45, 2.75) is 6.61 Å². The van der Waals surface area contributed by atoms with Crippen molar-refractivity contribution in [1.82, 2.24) is 5.43 Å². The summed E-state index contributed by atoms with van der Waals surface area (Å²) in [5, 5.41) is 3.99. The highest BCUT2D eigenvalue weighted by Crippen LogP contribution is 2.31. The largest absolute Gasteiger partial charge is 0.497 e. The quantitative estimate of drug-likeness (QED) is 0.479. The number of nitrogens with one attached hydrogen (secondary N) is 1. The molecule has 0 unspecified atom stereocenters. The Bertz CT molecular complexity index is 1060. The number of carbonyl (C=O) groups is 1. The molecule has 7 heteroatoms. The van der Waals surface area contributed by atoms with Gasteiger partial charge in [0.05, 0.1) is 13.3 Å². The predicted octanol–water partition coefficient (Wildman–Crippen LogP) is 3.77. The molecule has 152 valence electrons. The Morgan fingerprint density at radius 1 is 1.03 bits per heavy atom. The lowest BCUT2D eigenvalue weighted by atomic mass is 10.2. The lowest BCUT2D eigenvalue weighted by molar-refractivity contribution is 0.0955. The molecule has 0 saturated heterocycles. The van der Waals surface area contributed by atoms with Gasteiger partial charge in [-0.25, -0.2) is 5.43 Å². The van der Waals surface area contributed by atoms with Gasteiger partial charge in [-0.1, -0.05) is 12.1 Å². The molecule has 3 aromatic rings. The number of hydrogen-bond acceptors (Lipinski definition) is 6. The second kappa shape index (κ2) is 9.00. The molecular weight excluding hydrogens is 384 g/mol. The van der Waals surface area contributed by atoms with E-state index in [0.29, 0.717) is 29.4 Å². The van der Waals surface area contributed by atoms with Crippen molar-refractivity contribution in [1.29, 1.82) is 0 Å². The summed E-state index contributed by atoms with van der Waals surface area (Å²) in [5.41, 5.74) is 4.77. The van der Waals surface area contributed by atoms with Gasteiger partial charge in [-0.15, -0.1) is 0 Å². The number of hydrazone groups is 1. The first-order valence-electron chi connectivity index (χ1n) is 9.30. The number of benzene rings is 3. The van der Waals surface area contributed by atoms with Crippen molar-refractivity contribution in [2.24, 2.45) is 5.10 Å². The maximum Gasteiger partial charge on any atom is 0.271 e. The average molecular weight is 404 g/mol. The first-order chi connectivity index (χ1) is 14.7. The van der Waals surface area contributed by atoms with Crippen molar-refractivity contribution in [3.63, 3.8) is 0 Å². The molecule has 0 aliphatic carbocycles. The fourth-order valence-electron chi connectivity index (χ4n) is 2.85. The first-order valence-corrected chi connectivity index (χ1v) is 9.30. The smallest absolute Gasteiger partial charge is 0.271 e. The Kier molecular flexibility index (Phi) is 5.80. The molecular formula is C23H20N2O5. The molecule has 1 aliphatic heterocycles. The van der Waals surface area contributed by atoms with Crippen LogP contribution in [-0.2, 0) is 6.61 Å². The van der Waals surface area contributed by atoms with Crippen LogP contribution in [0.1, 0.15) is 21.5 Å². The highest BCUT2D eigenvalue weighted by atomic mass is 16.7. The number of fused-ring (bicyclic) bond motifs is 1. The number of nitrogens with zero attached hydrogens (tertiary/aromatic N) is 1. The molecule has 1 N–H and O–H groups in total. The van der Waals surface area contributed by atoms with E-state index in [4.69, 9.17) is 18.9 Å². The fourth-order valence-corrected chi connectivity index (χ4v) is 2.85. The van der Waals surface area contributed by atoms with Crippen LogP contribution in [0.15, 0.2) is 71.8 Å². The Balaban J connectivity index is 1.30. The van der Waals surface area contributed by atoms with Gasteiger partial charge in [0.25, 0.3) is 5.91 Å². The third kappa shape index (κ3) is 4.70. The highest BCUT2D eigenvalue weighted by Gasteiger charge is 2.12. The van der Waals surface area contributed by atoms with Gasteiger partial charge in [0.15, 0.2) is 11.5 Å². The van der Waals surface area contributed by atoms with Gasteiger partial charge in [-0.2, -0.15) is 5.10 Å². The predicted molar refractivity (Wildman–Crippen MR) is 111 cm³/mol. The van der Waals surface area contributed by atoms with Gasteiger partial charge < -0.3 is 18.9 Å². The lowest BCUT2D eigenvalue weighted by Gasteiger charge is -2.08. The minimum atomic E-state index is -0.314. The van der Waals surface area contributed by atoms with E-state index >= 15 is 0 Å². The molecule has 1 aliphatic rings. The summed E-state index contributed by atoms with van der Waals surface area (Å²) in [6.45, 7) is 0.620. The number of amides is 1. The standard InChI is InChI=1S/C23H20N2O5/c1-27-20-4-2-3-17(11-20)14-28-19-8-6-18(7-9-19)23(26)25-24-13-16-5-10-21-22(12-16)30-15-29-21/h2-13H,14-15H2,1H3,(H,25,26). The second-order valence-electron chi connectivity index (χ2n) is 6.48. The molecule has 3 aromatic carbocycles. The molecule has 0 radical (unpaired) electrons. The van der Waals surface area contributed by atoms with Gasteiger partial charge in [0.1, 0.15) is 18.1 Å². The highest BCUT2D eigenvalue weighted by molar-refractivity contribution is 5.95. The summed E-state index contributed by atoms with van der Waals surface area (Å²) in [4.78, 5) is 12.3. The van der Waals surface area contributed by atoms with E-state index in [1.165, 1.54) is 0 Å². The van der Waals surface area contributed by atoms with Crippen molar-refractivity contribution < 1.29 is 23.7 Å². The van der Waals surface area contributed by atoms with Crippen LogP contribution in [0.5, 0.6) is 23.0 Å². The van der Waals surface area contributed by atoms with Crippen LogP contribution in [0.2, 0.25) is 0 Å². The molecule has 4 rings (SSSR count). The summed E-state index contributed by atoms with van der Waals surface area (Å²) >= 11 is 0. The van der Waals surface area contributed by atoms with Crippen molar-refractivity contribution >= 4 is 12.1 Å². The van der Waals surface area contributed by atoms with Crippen molar-refractivity contribution in [3.8, 4) is 23.0 Å². The SMILES string of the molecule is COc1cccc(COc2ccc(C(=O)NN=Cc3ccc4c(c3)OCO4)cc2)c1. The zero-order valence-electron chi connectivity index (χ0n) is 16.3. The van der Waals surface area contributed by atoms with E-state index in [-0.39, 0.29) is 12.7 Å². The van der Waals surface area contributed by atoms with E-state index in [2.05, 4.69) is 10.5 Å². The Hall–Kier alpha value is -4.00. The molecule has 0 bridgehead atoms. The molecule has 0 fully saturated rings. The summed E-state index contributed by atoms with van der Waals surface area (Å²) in [7, 11) is 1.63. The third-order valence-electron chi connectivity index (χ3n) is 4.43. The third-order valence-corrected chi connectivity index (χ3v) is 4.43. The second-order valence-corrected chi connectivity index (χ2v) is 6.48. The minimum Gasteiger partial charge on any atom is -0.497 e. The molecule has 1 amide bonds. The molecule has 7 nitrogen and oxygen atoms in total. The topological polar surface area (TPSA) is 78.4 Å². The lowest BCUT2D eigenvalue weighted by Crippen LogP contribution is -2.17. The van der Waals surface area contributed by atoms with E-state index in [9.17, 15) is 4.79 Å². The van der Waals surface area contributed by atoms with E-state index in [1.54, 1.807) is 49.7 Å². The Morgan fingerprint density at radius 2 is 1.87 bits per heavy atom. The normalized spacial score (nSPS) is 12.0. The van der Waals surface area contributed by atoms with Crippen molar-refractivity contribution in [3.05, 3.63) is 83.4 Å². The number of rotatable bonds is 7. The van der Waals surface area contributed by atoms with Gasteiger partial charge in [0, 0.05) is 5.56 Å².